The van der Waals surface area contributed by atoms with Gasteiger partial charge in [-0.1, -0.05) is 0 Å². The molecular weight excluding hydrogens is 304 g/mol. The summed E-state index contributed by atoms with van der Waals surface area (Å²) in [5, 5.41) is 14.8. The normalized spacial score (nSPS) is 34.8. The van der Waals surface area contributed by atoms with Crippen LogP contribution in [0.25, 0.3) is 0 Å². The summed E-state index contributed by atoms with van der Waals surface area (Å²) >= 11 is 0. The highest BCUT2D eigenvalue weighted by Crippen LogP contribution is 2.60. The molecule has 3 N–H and O–H groups in total. The Morgan fingerprint density at radius 3 is 2.25 bits per heavy atom. The molecule has 0 saturated heterocycles. The number of aliphatic hydroxyl groups excluding tert-OH is 1. The van der Waals surface area contributed by atoms with Crippen molar-refractivity contribution >= 4 is 11.8 Å². The summed E-state index contributed by atoms with van der Waals surface area (Å²) in [5.74, 6) is 2.46. The maximum atomic E-state index is 12.8. The second kappa shape index (κ2) is 7.42. The number of carbonyl (C=O) groups excluding carboxylic acids is 2. The number of nitrogens with one attached hydrogen (secondary N) is 2. The summed E-state index contributed by atoms with van der Waals surface area (Å²) in [7, 11) is 0. The van der Waals surface area contributed by atoms with E-state index in [2.05, 4.69) is 10.6 Å². The van der Waals surface area contributed by atoms with Gasteiger partial charge >= 0.3 is 0 Å². The molecule has 136 valence electrons. The molecule has 4 saturated carbocycles. The number of hydrogen-bond acceptors (Lipinski definition) is 3. The molecule has 0 heterocycles. The molecule has 4 fully saturated rings. The number of aliphatic hydroxyl groups is 1. The molecule has 0 aromatic heterocycles. The van der Waals surface area contributed by atoms with Crippen LogP contribution in [-0.2, 0) is 9.59 Å². The van der Waals surface area contributed by atoms with Gasteiger partial charge in [-0.25, -0.2) is 0 Å². The lowest BCUT2D eigenvalue weighted by Crippen LogP contribution is -2.53. The summed E-state index contributed by atoms with van der Waals surface area (Å²) in [4.78, 5) is 24.7. The zero-order valence-electron chi connectivity index (χ0n) is 14.9. The molecule has 4 aliphatic carbocycles. The highest BCUT2D eigenvalue weighted by Gasteiger charge is 2.54. The summed E-state index contributed by atoms with van der Waals surface area (Å²) in [6.07, 6.45) is 9.01. The Labute approximate surface area is 145 Å². The fourth-order valence-corrected chi connectivity index (χ4v) is 5.68. The van der Waals surface area contributed by atoms with E-state index < -0.39 is 0 Å². The van der Waals surface area contributed by atoms with Crippen LogP contribution < -0.4 is 10.6 Å². The van der Waals surface area contributed by atoms with Crippen LogP contribution in [0, 0.1) is 23.2 Å². The van der Waals surface area contributed by atoms with Crippen molar-refractivity contribution in [1.82, 2.24) is 10.6 Å². The smallest absolute Gasteiger partial charge is 0.226 e. The Bertz CT molecular complexity index is 442. The molecule has 24 heavy (non-hydrogen) atoms. The minimum absolute atomic E-state index is 0.0220. The summed E-state index contributed by atoms with van der Waals surface area (Å²) in [6, 6.07) is 0.0727. The van der Waals surface area contributed by atoms with Gasteiger partial charge in [-0.15, -0.1) is 0 Å². The van der Waals surface area contributed by atoms with E-state index in [-0.39, 0.29) is 29.9 Å². The Kier molecular flexibility index (Phi) is 5.48. The van der Waals surface area contributed by atoms with Gasteiger partial charge in [0.1, 0.15) is 0 Å². The number of carbonyl (C=O) groups is 2. The molecule has 0 aliphatic heterocycles. The molecule has 4 aliphatic rings. The fourth-order valence-electron chi connectivity index (χ4n) is 5.68. The van der Waals surface area contributed by atoms with Crippen molar-refractivity contribution in [2.75, 3.05) is 13.2 Å². The van der Waals surface area contributed by atoms with E-state index in [1.807, 2.05) is 6.92 Å². The van der Waals surface area contributed by atoms with E-state index in [0.29, 0.717) is 19.4 Å². The zero-order chi connectivity index (χ0) is 17.2. The van der Waals surface area contributed by atoms with Crippen molar-refractivity contribution < 1.29 is 14.7 Å². The highest BCUT2D eigenvalue weighted by atomic mass is 16.3. The average Bonchev–Trinajstić information content (AvgIpc) is 2.51. The lowest BCUT2D eigenvalue weighted by atomic mass is 9.49. The summed E-state index contributed by atoms with van der Waals surface area (Å²) in [5.41, 5.74) is -0.125. The number of hydrogen-bond donors (Lipinski definition) is 3. The van der Waals surface area contributed by atoms with E-state index in [0.717, 1.165) is 43.4 Å². The molecule has 0 spiro atoms. The first-order chi connectivity index (χ1) is 11.5. The second-order valence-corrected chi connectivity index (χ2v) is 8.54. The van der Waals surface area contributed by atoms with Crippen molar-refractivity contribution in [2.45, 2.75) is 70.8 Å². The zero-order valence-corrected chi connectivity index (χ0v) is 14.9. The Hall–Kier alpha value is -1.10. The SMILES string of the molecule is CC(CCCO)NC(=O)CCNC(=O)C12CC3CC(CC(C3)C1)C2. The molecule has 4 rings (SSSR count). The molecule has 1 unspecified atom stereocenters. The third kappa shape index (κ3) is 3.93. The van der Waals surface area contributed by atoms with Crippen molar-refractivity contribution in [3.63, 3.8) is 0 Å². The van der Waals surface area contributed by atoms with Crippen molar-refractivity contribution in [2.24, 2.45) is 23.2 Å². The summed E-state index contributed by atoms with van der Waals surface area (Å²) in [6.45, 7) is 2.53. The predicted octanol–water partition coefficient (Wildman–Crippen LogP) is 1.99. The van der Waals surface area contributed by atoms with E-state index >= 15 is 0 Å². The monoisotopic (exact) mass is 336 g/mol. The van der Waals surface area contributed by atoms with Gasteiger partial charge in [-0.3, -0.25) is 9.59 Å². The standard InChI is InChI=1S/C19H32N2O3/c1-13(3-2-6-22)21-17(23)4-5-20-18(24)19-10-14-7-15(11-19)9-16(8-14)12-19/h13-16,22H,2-12H2,1H3,(H,20,24)(H,21,23). The van der Waals surface area contributed by atoms with E-state index in [4.69, 9.17) is 5.11 Å². The minimum Gasteiger partial charge on any atom is -0.396 e. The van der Waals surface area contributed by atoms with Gasteiger partial charge in [-0.2, -0.15) is 0 Å². The highest BCUT2D eigenvalue weighted by molar-refractivity contribution is 5.84. The van der Waals surface area contributed by atoms with Crippen molar-refractivity contribution in [1.29, 1.82) is 0 Å². The van der Waals surface area contributed by atoms with E-state index in [1.165, 1.54) is 19.3 Å². The van der Waals surface area contributed by atoms with Crippen LogP contribution in [0.1, 0.15) is 64.7 Å². The van der Waals surface area contributed by atoms with Crippen molar-refractivity contribution in [3.8, 4) is 0 Å². The third-order valence-corrected chi connectivity index (χ3v) is 6.36. The Balaban J connectivity index is 1.41. The van der Waals surface area contributed by atoms with Crippen LogP contribution in [0.3, 0.4) is 0 Å². The van der Waals surface area contributed by atoms with Crippen LogP contribution in [0.5, 0.6) is 0 Å². The molecule has 1 atom stereocenters. The molecule has 0 aromatic carbocycles. The van der Waals surface area contributed by atoms with Gasteiger partial charge < -0.3 is 15.7 Å². The maximum absolute atomic E-state index is 12.8. The maximum Gasteiger partial charge on any atom is 0.226 e. The van der Waals surface area contributed by atoms with Gasteiger partial charge in [0.05, 0.1) is 0 Å². The molecular formula is C19H32N2O3. The van der Waals surface area contributed by atoms with Crippen LogP contribution in [-0.4, -0.2) is 36.1 Å². The number of rotatable bonds is 8. The van der Waals surface area contributed by atoms with Gasteiger partial charge in [0, 0.05) is 31.0 Å². The largest absolute Gasteiger partial charge is 0.396 e. The lowest BCUT2D eigenvalue weighted by Gasteiger charge is -2.55. The number of amides is 2. The second-order valence-electron chi connectivity index (χ2n) is 8.54. The average molecular weight is 336 g/mol. The Morgan fingerprint density at radius 2 is 1.71 bits per heavy atom. The van der Waals surface area contributed by atoms with Crippen molar-refractivity contribution in [3.05, 3.63) is 0 Å². The first-order valence-electron chi connectivity index (χ1n) is 9.69. The lowest BCUT2D eigenvalue weighted by molar-refractivity contribution is -0.146. The minimum atomic E-state index is -0.125. The first-order valence-corrected chi connectivity index (χ1v) is 9.69. The van der Waals surface area contributed by atoms with Crippen LogP contribution in [0.15, 0.2) is 0 Å². The first kappa shape index (κ1) is 17.7. The predicted molar refractivity (Wildman–Crippen MR) is 92.2 cm³/mol. The van der Waals surface area contributed by atoms with E-state index in [9.17, 15) is 9.59 Å². The van der Waals surface area contributed by atoms with Crippen LogP contribution >= 0.6 is 0 Å². The Morgan fingerprint density at radius 1 is 1.12 bits per heavy atom. The topological polar surface area (TPSA) is 78.4 Å². The van der Waals surface area contributed by atoms with Gasteiger partial charge in [-0.05, 0) is 76.0 Å². The molecule has 4 bridgehead atoms. The molecule has 0 radical (unpaired) electrons. The quantitative estimate of drug-likeness (QED) is 0.634. The molecule has 5 nitrogen and oxygen atoms in total. The molecule has 2 amide bonds. The summed E-state index contributed by atoms with van der Waals surface area (Å²) < 4.78 is 0. The molecule has 0 aromatic rings. The fraction of sp³-hybridized carbons (Fsp3) is 0.895. The van der Waals surface area contributed by atoms with Crippen LogP contribution in [0.4, 0.5) is 0 Å². The van der Waals surface area contributed by atoms with Gasteiger partial charge in [0.2, 0.25) is 11.8 Å². The van der Waals surface area contributed by atoms with Crippen LogP contribution in [0.2, 0.25) is 0 Å². The van der Waals surface area contributed by atoms with E-state index in [1.54, 1.807) is 0 Å². The third-order valence-electron chi connectivity index (χ3n) is 6.36. The molecule has 5 heteroatoms. The van der Waals surface area contributed by atoms with Gasteiger partial charge in [0.15, 0.2) is 0 Å². The van der Waals surface area contributed by atoms with Gasteiger partial charge in [0.25, 0.3) is 0 Å².